The Labute approximate surface area is 146 Å². The number of amides is 2. The fourth-order valence-electron chi connectivity index (χ4n) is 3.57. The zero-order valence-electron chi connectivity index (χ0n) is 14.5. The molecule has 8 heteroatoms. The Bertz CT molecular complexity index is 648. The summed E-state index contributed by atoms with van der Waals surface area (Å²) >= 11 is 0. The number of rotatable bonds is 4. The smallest absolute Gasteiger partial charge is 0.273 e. The molecule has 4 rings (SSSR count). The number of hydrogen-bond donors (Lipinski definition) is 3. The number of nitrogens with zero attached hydrogens (tertiary/aromatic N) is 2. The van der Waals surface area contributed by atoms with Crippen molar-refractivity contribution in [2.45, 2.75) is 63.3 Å². The molecule has 3 N–H and O–H groups in total. The van der Waals surface area contributed by atoms with E-state index in [9.17, 15) is 9.59 Å². The summed E-state index contributed by atoms with van der Waals surface area (Å²) in [7, 11) is 0. The van der Waals surface area contributed by atoms with Gasteiger partial charge in [-0.1, -0.05) is 5.16 Å². The molecule has 2 amide bonds. The van der Waals surface area contributed by atoms with Crippen molar-refractivity contribution < 1.29 is 14.1 Å². The van der Waals surface area contributed by atoms with Crippen LogP contribution in [0.2, 0.25) is 0 Å². The van der Waals surface area contributed by atoms with Crippen molar-refractivity contribution in [1.29, 1.82) is 0 Å². The Balaban J connectivity index is 1.26. The van der Waals surface area contributed by atoms with Gasteiger partial charge in [0.2, 0.25) is 5.91 Å². The fourth-order valence-corrected chi connectivity index (χ4v) is 3.57. The highest BCUT2D eigenvalue weighted by molar-refractivity contribution is 5.92. The first-order valence-corrected chi connectivity index (χ1v) is 9.15. The van der Waals surface area contributed by atoms with Gasteiger partial charge in [0.05, 0.1) is 0 Å². The molecule has 3 aliphatic rings. The molecule has 2 unspecified atom stereocenters. The van der Waals surface area contributed by atoms with Crippen LogP contribution in [0.25, 0.3) is 0 Å². The Morgan fingerprint density at radius 1 is 1.32 bits per heavy atom. The molecule has 3 heterocycles. The van der Waals surface area contributed by atoms with E-state index in [1.807, 2.05) is 6.92 Å². The lowest BCUT2D eigenvalue weighted by Gasteiger charge is -2.41. The van der Waals surface area contributed by atoms with Gasteiger partial charge >= 0.3 is 0 Å². The highest BCUT2D eigenvalue weighted by Gasteiger charge is 2.32. The average molecular weight is 347 g/mol. The monoisotopic (exact) mass is 347 g/mol. The first-order chi connectivity index (χ1) is 12.1. The van der Waals surface area contributed by atoms with Crippen molar-refractivity contribution in [3.05, 3.63) is 17.5 Å². The van der Waals surface area contributed by atoms with E-state index >= 15 is 0 Å². The Hall–Kier alpha value is -1.93. The van der Waals surface area contributed by atoms with E-state index in [0.29, 0.717) is 18.0 Å². The molecule has 2 atom stereocenters. The van der Waals surface area contributed by atoms with Gasteiger partial charge in [0.25, 0.3) is 5.91 Å². The normalized spacial score (nSPS) is 28.6. The lowest BCUT2D eigenvalue weighted by atomic mass is 10.0. The second-order valence-electron chi connectivity index (χ2n) is 7.41. The van der Waals surface area contributed by atoms with Crippen molar-refractivity contribution in [2.75, 3.05) is 13.1 Å². The number of carbonyl (C=O) groups excluding carboxylic acids is 2. The lowest BCUT2D eigenvalue weighted by molar-refractivity contribution is -0.127. The molecule has 1 aromatic rings. The third kappa shape index (κ3) is 3.85. The van der Waals surface area contributed by atoms with Gasteiger partial charge in [0.15, 0.2) is 5.69 Å². The molecular weight excluding hydrogens is 322 g/mol. The summed E-state index contributed by atoms with van der Waals surface area (Å²) in [4.78, 5) is 26.2. The first-order valence-electron chi connectivity index (χ1n) is 9.15. The Kier molecular flexibility index (Phi) is 4.47. The minimum absolute atomic E-state index is 0.0872. The van der Waals surface area contributed by atoms with Crippen LogP contribution >= 0.6 is 0 Å². The SMILES string of the molecule is CC1CC(=O)NC(N2CCC(NC(=O)c3cc(C4CC4)on3)CC2)N1. The molecule has 136 valence electrons. The van der Waals surface area contributed by atoms with Crippen LogP contribution in [0.3, 0.4) is 0 Å². The maximum Gasteiger partial charge on any atom is 0.273 e. The van der Waals surface area contributed by atoms with Gasteiger partial charge in [0, 0.05) is 43.6 Å². The van der Waals surface area contributed by atoms with Gasteiger partial charge < -0.3 is 15.2 Å². The van der Waals surface area contributed by atoms with Crippen molar-refractivity contribution >= 4 is 11.8 Å². The molecule has 0 aromatic carbocycles. The molecule has 0 bridgehead atoms. The van der Waals surface area contributed by atoms with E-state index in [1.165, 1.54) is 0 Å². The summed E-state index contributed by atoms with van der Waals surface area (Å²) in [5.74, 6) is 1.21. The molecular formula is C17H25N5O3. The molecule has 1 aliphatic carbocycles. The number of hydrogen-bond acceptors (Lipinski definition) is 6. The predicted molar refractivity (Wildman–Crippen MR) is 89.7 cm³/mol. The van der Waals surface area contributed by atoms with Crippen LogP contribution in [0.5, 0.6) is 0 Å². The van der Waals surface area contributed by atoms with Crippen molar-refractivity contribution in [3.63, 3.8) is 0 Å². The number of carbonyl (C=O) groups is 2. The number of aromatic nitrogens is 1. The van der Waals surface area contributed by atoms with Crippen LogP contribution < -0.4 is 16.0 Å². The van der Waals surface area contributed by atoms with Crippen molar-refractivity contribution in [2.24, 2.45) is 0 Å². The summed E-state index contributed by atoms with van der Waals surface area (Å²) in [6, 6.07) is 2.08. The quantitative estimate of drug-likeness (QED) is 0.735. The molecule has 1 aromatic heterocycles. The van der Waals surface area contributed by atoms with Crippen LogP contribution in [0.1, 0.15) is 61.2 Å². The van der Waals surface area contributed by atoms with E-state index in [0.717, 1.165) is 44.5 Å². The molecule has 1 saturated carbocycles. The van der Waals surface area contributed by atoms with Crippen LogP contribution in [-0.4, -0.2) is 53.3 Å². The number of piperidine rings is 1. The van der Waals surface area contributed by atoms with Gasteiger partial charge in [-0.2, -0.15) is 0 Å². The largest absolute Gasteiger partial charge is 0.360 e. The van der Waals surface area contributed by atoms with Gasteiger partial charge in [-0.3, -0.25) is 19.8 Å². The number of nitrogens with one attached hydrogen (secondary N) is 3. The highest BCUT2D eigenvalue weighted by Crippen LogP contribution is 2.40. The van der Waals surface area contributed by atoms with Crippen LogP contribution in [0.15, 0.2) is 10.6 Å². The van der Waals surface area contributed by atoms with Gasteiger partial charge in [0.1, 0.15) is 12.0 Å². The van der Waals surface area contributed by atoms with E-state index in [2.05, 4.69) is 26.0 Å². The third-order valence-corrected chi connectivity index (χ3v) is 5.20. The number of likely N-dealkylation sites (tertiary alicyclic amines) is 1. The lowest BCUT2D eigenvalue weighted by Crippen LogP contribution is -2.65. The molecule has 3 fully saturated rings. The second kappa shape index (κ2) is 6.76. The van der Waals surface area contributed by atoms with Crippen molar-refractivity contribution in [1.82, 2.24) is 26.0 Å². The zero-order chi connectivity index (χ0) is 17.4. The Morgan fingerprint density at radius 3 is 2.76 bits per heavy atom. The van der Waals surface area contributed by atoms with Crippen LogP contribution in [0, 0.1) is 0 Å². The standard InChI is InChI=1S/C17H25N5O3/c1-10-8-15(23)20-17(18-10)22-6-4-12(5-7-22)19-16(24)13-9-14(25-21-13)11-2-3-11/h9-12,17-18H,2-8H2,1H3,(H,19,24)(H,20,23). The van der Waals surface area contributed by atoms with E-state index < -0.39 is 0 Å². The van der Waals surface area contributed by atoms with Crippen LogP contribution in [-0.2, 0) is 4.79 Å². The third-order valence-electron chi connectivity index (χ3n) is 5.20. The van der Waals surface area contributed by atoms with E-state index in [1.54, 1.807) is 6.07 Å². The van der Waals surface area contributed by atoms with Crippen LogP contribution in [0.4, 0.5) is 0 Å². The molecule has 0 radical (unpaired) electrons. The summed E-state index contributed by atoms with van der Waals surface area (Å²) < 4.78 is 5.25. The minimum Gasteiger partial charge on any atom is -0.360 e. The minimum atomic E-state index is -0.160. The predicted octanol–water partition coefficient (Wildman–Crippen LogP) is 0.528. The fraction of sp³-hybridized carbons (Fsp3) is 0.706. The van der Waals surface area contributed by atoms with E-state index in [-0.39, 0.29) is 30.2 Å². The second-order valence-corrected chi connectivity index (χ2v) is 7.41. The van der Waals surface area contributed by atoms with Gasteiger partial charge in [-0.05, 0) is 32.6 Å². The first kappa shape index (κ1) is 16.5. The summed E-state index contributed by atoms with van der Waals surface area (Å²) in [5.41, 5.74) is 0.374. The molecule has 2 aliphatic heterocycles. The summed E-state index contributed by atoms with van der Waals surface area (Å²) in [6.07, 6.45) is 4.36. The Morgan fingerprint density at radius 2 is 2.08 bits per heavy atom. The summed E-state index contributed by atoms with van der Waals surface area (Å²) in [5, 5.41) is 13.3. The zero-order valence-corrected chi connectivity index (χ0v) is 14.5. The highest BCUT2D eigenvalue weighted by atomic mass is 16.5. The molecule has 2 saturated heterocycles. The van der Waals surface area contributed by atoms with Gasteiger partial charge in [-0.25, -0.2) is 0 Å². The van der Waals surface area contributed by atoms with Gasteiger partial charge in [-0.15, -0.1) is 0 Å². The van der Waals surface area contributed by atoms with Crippen molar-refractivity contribution in [3.8, 4) is 0 Å². The average Bonchev–Trinajstić information content (AvgIpc) is 3.31. The summed E-state index contributed by atoms with van der Waals surface area (Å²) in [6.45, 7) is 3.66. The molecule has 0 spiro atoms. The maximum atomic E-state index is 12.3. The maximum absolute atomic E-state index is 12.3. The molecule has 25 heavy (non-hydrogen) atoms. The van der Waals surface area contributed by atoms with E-state index in [4.69, 9.17) is 4.52 Å². The molecule has 8 nitrogen and oxygen atoms in total. The topological polar surface area (TPSA) is 99.5 Å².